The topological polar surface area (TPSA) is 78.5 Å². The van der Waals surface area contributed by atoms with E-state index in [-0.39, 0.29) is 17.7 Å². The lowest BCUT2D eigenvalue weighted by molar-refractivity contribution is -0.131. The second-order valence-electron chi connectivity index (χ2n) is 7.50. The van der Waals surface area contributed by atoms with Crippen molar-refractivity contribution in [1.82, 2.24) is 15.5 Å². The van der Waals surface area contributed by atoms with E-state index in [1.165, 1.54) is 0 Å². The number of carbonyl (C=O) groups is 3. The molecule has 1 rings (SSSR count). The number of likely N-dealkylation sites (tertiary alicyclic amines) is 1. The van der Waals surface area contributed by atoms with Crippen LogP contribution in [0.15, 0.2) is 0 Å². The van der Waals surface area contributed by atoms with E-state index in [0.717, 1.165) is 38.8 Å². The molecule has 6 nitrogen and oxygen atoms in total. The smallest absolute Gasteiger partial charge is 0.225 e. The molecule has 1 aliphatic rings. The SMILES string of the molecule is CC(C)(C)C(=O)NCCCC(=O)NCCCN1CCCCCC1=O. The highest BCUT2D eigenvalue weighted by molar-refractivity contribution is 5.81. The molecule has 0 radical (unpaired) electrons. The van der Waals surface area contributed by atoms with E-state index in [1.807, 2.05) is 25.7 Å². The third-order valence-corrected chi connectivity index (χ3v) is 4.15. The minimum Gasteiger partial charge on any atom is -0.356 e. The first-order valence-corrected chi connectivity index (χ1v) is 9.13. The number of hydrogen-bond donors (Lipinski definition) is 2. The van der Waals surface area contributed by atoms with Crippen LogP contribution >= 0.6 is 0 Å². The summed E-state index contributed by atoms with van der Waals surface area (Å²) in [5.74, 6) is 0.251. The van der Waals surface area contributed by atoms with Crippen LogP contribution in [0.4, 0.5) is 0 Å². The lowest BCUT2D eigenvalue weighted by atomic mass is 9.96. The minimum absolute atomic E-state index is 0.00204. The zero-order chi connectivity index (χ0) is 18.0. The molecule has 0 atom stereocenters. The summed E-state index contributed by atoms with van der Waals surface area (Å²) in [5.41, 5.74) is -0.396. The van der Waals surface area contributed by atoms with Gasteiger partial charge < -0.3 is 15.5 Å². The van der Waals surface area contributed by atoms with Gasteiger partial charge in [0.25, 0.3) is 0 Å². The van der Waals surface area contributed by atoms with Crippen LogP contribution < -0.4 is 10.6 Å². The van der Waals surface area contributed by atoms with Crippen molar-refractivity contribution in [1.29, 1.82) is 0 Å². The summed E-state index contributed by atoms with van der Waals surface area (Å²) in [6.07, 6.45) is 5.71. The fourth-order valence-electron chi connectivity index (χ4n) is 2.58. The lowest BCUT2D eigenvalue weighted by Crippen LogP contribution is -2.36. The molecule has 0 aromatic rings. The number of carbonyl (C=O) groups excluding carboxylic acids is 3. The molecular formula is C18H33N3O3. The molecule has 24 heavy (non-hydrogen) atoms. The molecule has 0 aromatic carbocycles. The Hall–Kier alpha value is -1.59. The van der Waals surface area contributed by atoms with Gasteiger partial charge in [-0.25, -0.2) is 0 Å². The summed E-state index contributed by atoms with van der Waals surface area (Å²) in [7, 11) is 0. The molecule has 0 saturated carbocycles. The Morgan fingerprint density at radius 3 is 2.46 bits per heavy atom. The molecule has 138 valence electrons. The average Bonchev–Trinajstić information content (AvgIpc) is 2.71. The van der Waals surface area contributed by atoms with Crippen molar-refractivity contribution in [3.8, 4) is 0 Å². The number of rotatable bonds is 8. The Morgan fingerprint density at radius 2 is 1.75 bits per heavy atom. The number of nitrogens with zero attached hydrogens (tertiary/aromatic N) is 1. The maximum Gasteiger partial charge on any atom is 0.225 e. The van der Waals surface area contributed by atoms with Crippen LogP contribution in [0.25, 0.3) is 0 Å². The third kappa shape index (κ3) is 8.31. The van der Waals surface area contributed by atoms with Crippen molar-refractivity contribution in [3.05, 3.63) is 0 Å². The van der Waals surface area contributed by atoms with Gasteiger partial charge in [-0.3, -0.25) is 14.4 Å². The van der Waals surface area contributed by atoms with Gasteiger partial charge in [0, 0.05) is 44.4 Å². The Kier molecular flexibility index (Phi) is 8.79. The van der Waals surface area contributed by atoms with Crippen LogP contribution in [0, 0.1) is 5.41 Å². The predicted octanol–water partition coefficient (Wildman–Crippen LogP) is 1.84. The van der Waals surface area contributed by atoms with Gasteiger partial charge in [-0.2, -0.15) is 0 Å². The molecule has 0 aliphatic carbocycles. The minimum atomic E-state index is -0.396. The summed E-state index contributed by atoms with van der Waals surface area (Å²) >= 11 is 0. The Labute approximate surface area is 145 Å². The molecule has 0 unspecified atom stereocenters. The summed E-state index contributed by atoms with van der Waals surface area (Å²) < 4.78 is 0. The van der Waals surface area contributed by atoms with Crippen molar-refractivity contribution in [3.63, 3.8) is 0 Å². The molecular weight excluding hydrogens is 306 g/mol. The molecule has 1 fully saturated rings. The van der Waals surface area contributed by atoms with Crippen molar-refractivity contribution in [2.45, 2.75) is 65.7 Å². The van der Waals surface area contributed by atoms with Crippen molar-refractivity contribution >= 4 is 17.7 Å². The summed E-state index contributed by atoms with van der Waals surface area (Å²) in [5, 5.41) is 5.72. The molecule has 2 N–H and O–H groups in total. The van der Waals surface area contributed by atoms with Crippen LogP contribution in [-0.2, 0) is 14.4 Å². The highest BCUT2D eigenvalue weighted by atomic mass is 16.2. The van der Waals surface area contributed by atoms with Crippen molar-refractivity contribution in [2.75, 3.05) is 26.2 Å². The highest BCUT2D eigenvalue weighted by Gasteiger charge is 2.20. The van der Waals surface area contributed by atoms with Gasteiger partial charge in [0.05, 0.1) is 0 Å². The second-order valence-corrected chi connectivity index (χ2v) is 7.50. The zero-order valence-corrected chi connectivity index (χ0v) is 15.5. The van der Waals surface area contributed by atoms with Gasteiger partial charge in [0.15, 0.2) is 0 Å². The quantitative estimate of drug-likeness (QED) is 0.662. The molecule has 0 aromatic heterocycles. The molecule has 1 saturated heterocycles. The van der Waals surface area contributed by atoms with E-state index in [4.69, 9.17) is 0 Å². The maximum atomic E-state index is 11.8. The van der Waals surface area contributed by atoms with E-state index in [1.54, 1.807) is 0 Å². The number of hydrogen-bond acceptors (Lipinski definition) is 3. The molecule has 0 bridgehead atoms. The van der Waals surface area contributed by atoms with Gasteiger partial charge in [0.2, 0.25) is 17.7 Å². The first-order chi connectivity index (χ1) is 11.3. The largest absolute Gasteiger partial charge is 0.356 e. The molecule has 1 aliphatic heterocycles. The normalized spacial score (nSPS) is 15.8. The zero-order valence-electron chi connectivity index (χ0n) is 15.5. The Morgan fingerprint density at radius 1 is 1.04 bits per heavy atom. The van der Waals surface area contributed by atoms with E-state index >= 15 is 0 Å². The lowest BCUT2D eigenvalue weighted by Gasteiger charge is -2.20. The summed E-state index contributed by atoms with van der Waals surface area (Å²) in [6, 6.07) is 0. The fourth-order valence-corrected chi connectivity index (χ4v) is 2.58. The van der Waals surface area contributed by atoms with Gasteiger partial charge in [-0.15, -0.1) is 0 Å². The standard InChI is InChI=1S/C18H33N3O3/c1-18(2,3)17(24)20-11-7-9-15(22)19-12-8-14-21-13-6-4-5-10-16(21)23/h4-14H2,1-3H3,(H,19,22)(H,20,24). The van der Waals surface area contributed by atoms with Crippen LogP contribution in [0.1, 0.15) is 65.7 Å². The predicted molar refractivity (Wildman–Crippen MR) is 94.4 cm³/mol. The van der Waals surface area contributed by atoms with Gasteiger partial charge >= 0.3 is 0 Å². The summed E-state index contributed by atoms with van der Waals surface area (Å²) in [4.78, 5) is 37.2. The molecule has 1 heterocycles. The van der Waals surface area contributed by atoms with E-state index in [9.17, 15) is 14.4 Å². The van der Waals surface area contributed by atoms with Gasteiger partial charge in [0.1, 0.15) is 0 Å². The summed E-state index contributed by atoms with van der Waals surface area (Å²) in [6.45, 7) is 8.28. The maximum absolute atomic E-state index is 11.8. The van der Waals surface area contributed by atoms with Crippen LogP contribution in [0.2, 0.25) is 0 Å². The first-order valence-electron chi connectivity index (χ1n) is 9.13. The number of amides is 3. The van der Waals surface area contributed by atoms with E-state index in [0.29, 0.717) is 32.4 Å². The third-order valence-electron chi connectivity index (χ3n) is 4.15. The Bertz CT molecular complexity index is 430. The van der Waals surface area contributed by atoms with E-state index in [2.05, 4.69) is 10.6 Å². The number of nitrogens with one attached hydrogen (secondary N) is 2. The molecule has 3 amide bonds. The highest BCUT2D eigenvalue weighted by Crippen LogP contribution is 2.12. The van der Waals surface area contributed by atoms with Gasteiger partial charge in [-0.05, 0) is 25.7 Å². The monoisotopic (exact) mass is 339 g/mol. The van der Waals surface area contributed by atoms with Crippen molar-refractivity contribution in [2.24, 2.45) is 5.41 Å². The van der Waals surface area contributed by atoms with Crippen LogP contribution in [0.5, 0.6) is 0 Å². The van der Waals surface area contributed by atoms with Gasteiger partial charge in [-0.1, -0.05) is 27.2 Å². The van der Waals surface area contributed by atoms with E-state index < -0.39 is 5.41 Å². The average molecular weight is 339 g/mol. The Balaban J connectivity index is 2.05. The fraction of sp³-hybridized carbons (Fsp3) is 0.833. The second kappa shape index (κ2) is 10.3. The molecule has 6 heteroatoms. The first kappa shape index (κ1) is 20.5. The van der Waals surface area contributed by atoms with Crippen LogP contribution in [-0.4, -0.2) is 48.8 Å². The molecule has 0 spiro atoms. The van der Waals surface area contributed by atoms with Crippen LogP contribution in [0.3, 0.4) is 0 Å². The van der Waals surface area contributed by atoms with Crippen molar-refractivity contribution < 1.29 is 14.4 Å².